The van der Waals surface area contributed by atoms with Crippen LogP contribution in [0.4, 0.5) is 4.79 Å². The Bertz CT molecular complexity index is 624. The minimum absolute atomic E-state index is 0.107. The Kier molecular flexibility index (Phi) is 3.48. The molecule has 1 fully saturated rings. The maximum Gasteiger partial charge on any atom is 0.407 e. The van der Waals surface area contributed by atoms with Crippen LogP contribution in [0.2, 0.25) is 0 Å². The molecule has 0 spiro atoms. The van der Waals surface area contributed by atoms with E-state index in [1.165, 1.54) is 4.90 Å². The number of nitrogens with one attached hydrogen (secondary N) is 1. The first-order valence-electron chi connectivity index (χ1n) is 6.46. The van der Waals surface area contributed by atoms with E-state index in [2.05, 4.69) is 26.1 Å². The van der Waals surface area contributed by atoms with Gasteiger partial charge in [-0.25, -0.2) is 4.79 Å². The molecule has 1 saturated heterocycles. The molecule has 1 aromatic carbocycles. The summed E-state index contributed by atoms with van der Waals surface area (Å²) in [6, 6.07) is 9.71. The number of H-pyrrole nitrogens is 1. The molecule has 2 N–H and O–H groups in total. The predicted molar refractivity (Wildman–Crippen MR) is 78.4 cm³/mol. The molecule has 2 heterocycles. The lowest BCUT2D eigenvalue weighted by Crippen LogP contribution is -2.28. The zero-order valence-electron chi connectivity index (χ0n) is 10.7. The summed E-state index contributed by atoms with van der Waals surface area (Å²) in [7, 11) is 0. The van der Waals surface area contributed by atoms with Gasteiger partial charge in [-0.05, 0) is 31.0 Å². The van der Waals surface area contributed by atoms with Gasteiger partial charge in [0.2, 0.25) is 0 Å². The van der Waals surface area contributed by atoms with Crippen molar-refractivity contribution in [2.75, 3.05) is 6.54 Å². The summed E-state index contributed by atoms with van der Waals surface area (Å²) in [6.07, 6.45) is 0.866. The molecule has 104 valence electrons. The van der Waals surface area contributed by atoms with Crippen LogP contribution >= 0.6 is 15.9 Å². The van der Waals surface area contributed by atoms with E-state index < -0.39 is 6.09 Å². The normalized spacial score (nSPS) is 18.4. The molecule has 0 aliphatic carbocycles. The number of hydrogen-bond acceptors (Lipinski definition) is 2. The third-order valence-corrected chi connectivity index (χ3v) is 4.12. The number of likely N-dealkylation sites (tertiary alicyclic amines) is 1. The maximum atomic E-state index is 11.2. The van der Waals surface area contributed by atoms with E-state index in [0.29, 0.717) is 6.54 Å². The molecule has 1 atom stereocenters. The van der Waals surface area contributed by atoms with Gasteiger partial charge < -0.3 is 5.11 Å². The van der Waals surface area contributed by atoms with Crippen molar-refractivity contribution in [3.05, 3.63) is 40.5 Å². The van der Waals surface area contributed by atoms with Crippen molar-refractivity contribution in [1.82, 2.24) is 15.1 Å². The average molecular weight is 336 g/mol. The molecule has 2 aromatic rings. The predicted octanol–water partition coefficient (Wildman–Crippen LogP) is 3.65. The number of rotatable bonds is 2. The molecule has 3 rings (SSSR count). The van der Waals surface area contributed by atoms with E-state index in [1.54, 1.807) is 0 Å². The smallest absolute Gasteiger partial charge is 0.407 e. The molecule has 0 unspecified atom stereocenters. The second kappa shape index (κ2) is 5.28. The summed E-state index contributed by atoms with van der Waals surface area (Å²) in [5.74, 6) is 0. The van der Waals surface area contributed by atoms with Gasteiger partial charge in [-0.15, -0.1) is 0 Å². The summed E-state index contributed by atoms with van der Waals surface area (Å²) >= 11 is 3.40. The lowest BCUT2D eigenvalue weighted by Gasteiger charge is -2.19. The third kappa shape index (κ3) is 2.43. The third-order valence-electron chi connectivity index (χ3n) is 3.60. The van der Waals surface area contributed by atoms with Gasteiger partial charge in [-0.1, -0.05) is 28.1 Å². The van der Waals surface area contributed by atoms with Crippen LogP contribution in [-0.2, 0) is 0 Å². The van der Waals surface area contributed by atoms with E-state index in [-0.39, 0.29) is 6.04 Å². The number of aromatic amines is 1. The first-order valence-corrected chi connectivity index (χ1v) is 7.25. The fraction of sp³-hybridized carbons (Fsp3) is 0.286. The van der Waals surface area contributed by atoms with E-state index in [1.807, 2.05) is 30.3 Å². The SMILES string of the molecule is O=C(O)N1CCC[C@H]1c1cc(-c2ccc(Br)cc2)n[nH]1. The Morgan fingerprint density at radius 3 is 2.85 bits per heavy atom. The van der Waals surface area contributed by atoms with Gasteiger partial charge in [-0.3, -0.25) is 10.00 Å². The Labute approximate surface area is 124 Å². The second-order valence-electron chi connectivity index (χ2n) is 4.85. The van der Waals surface area contributed by atoms with Crippen LogP contribution < -0.4 is 0 Å². The highest BCUT2D eigenvalue weighted by molar-refractivity contribution is 9.10. The van der Waals surface area contributed by atoms with Gasteiger partial charge in [-0.2, -0.15) is 5.10 Å². The lowest BCUT2D eigenvalue weighted by atomic mass is 10.1. The van der Waals surface area contributed by atoms with E-state index >= 15 is 0 Å². The highest BCUT2D eigenvalue weighted by Gasteiger charge is 2.31. The summed E-state index contributed by atoms with van der Waals surface area (Å²) in [4.78, 5) is 12.7. The number of carboxylic acid groups (broad SMARTS) is 1. The number of halogens is 1. The zero-order valence-corrected chi connectivity index (χ0v) is 12.3. The summed E-state index contributed by atoms with van der Waals surface area (Å²) in [5.41, 5.74) is 2.71. The number of aromatic nitrogens is 2. The van der Waals surface area contributed by atoms with Crippen LogP contribution in [0, 0.1) is 0 Å². The minimum atomic E-state index is -0.868. The van der Waals surface area contributed by atoms with Gasteiger partial charge in [0, 0.05) is 16.6 Å². The molecule has 5 nitrogen and oxygen atoms in total. The highest BCUT2D eigenvalue weighted by atomic mass is 79.9. The summed E-state index contributed by atoms with van der Waals surface area (Å²) in [5, 5.41) is 16.5. The monoisotopic (exact) mass is 335 g/mol. The van der Waals surface area contributed by atoms with E-state index in [4.69, 9.17) is 0 Å². The Morgan fingerprint density at radius 1 is 1.40 bits per heavy atom. The number of hydrogen-bond donors (Lipinski definition) is 2. The largest absolute Gasteiger partial charge is 0.465 e. The molecule has 20 heavy (non-hydrogen) atoms. The maximum absolute atomic E-state index is 11.2. The number of carbonyl (C=O) groups is 1. The van der Waals surface area contributed by atoms with Crippen LogP contribution in [0.15, 0.2) is 34.8 Å². The van der Waals surface area contributed by atoms with E-state index in [9.17, 15) is 9.90 Å². The Morgan fingerprint density at radius 2 is 2.15 bits per heavy atom. The molecular formula is C14H14BrN3O2. The molecule has 1 aliphatic heterocycles. The van der Waals surface area contributed by atoms with Gasteiger partial charge in [0.25, 0.3) is 0 Å². The molecule has 1 aromatic heterocycles. The number of benzene rings is 1. The average Bonchev–Trinajstić information content (AvgIpc) is 3.08. The van der Waals surface area contributed by atoms with E-state index in [0.717, 1.165) is 34.3 Å². The van der Waals surface area contributed by atoms with Gasteiger partial charge >= 0.3 is 6.09 Å². The zero-order chi connectivity index (χ0) is 14.1. The van der Waals surface area contributed by atoms with Crippen LogP contribution in [0.1, 0.15) is 24.6 Å². The van der Waals surface area contributed by atoms with Crippen LogP contribution in [-0.4, -0.2) is 32.8 Å². The molecule has 6 heteroatoms. The van der Waals surface area contributed by atoms with Gasteiger partial charge in [0.15, 0.2) is 0 Å². The molecule has 0 bridgehead atoms. The minimum Gasteiger partial charge on any atom is -0.465 e. The van der Waals surface area contributed by atoms with Gasteiger partial charge in [0.1, 0.15) is 0 Å². The van der Waals surface area contributed by atoms with Crippen LogP contribution in [0.3, 0.4) is 0 Å². The summed E-state index contributed by atoms with van der Waals surface area (Å²) in [6.45, 7) is 0.590. The number of amides is 1. The Balaban J connectivity index is 1.86. The van der Waals surface area contributed by atoms with Crippen molar-refractivity contribution in [2.45, 2.75) is 18.9 Å². The molecule has 0 saturated carbocycles. The van der Waals surface area contributed by atoms with Crippen LogP contribution in [0.5, 0.6) is 0 Å². The molecule has 0 radical (unpaired) electrons. The summed E-state index contributed by atoms with van der Waals surface area (Å²) < 4.78 is 1.02. The van der Waals surface area contributed by atoms with Crippen molar-refractivity contribution in [2.24, 2.45) is 0 Å². The van der Waals surface area contributed by atoms with Crippen molar-refractivity contribution in [3.63, 3.8) is 0 Å². The van der Waals surface area contributed by atoms with Crippen molar-refractivity contribution in [3.8, 4) is 11.3 Å². The molecule has 1 amide bonds. The Hall–Kier alpha value is -1.82. The second-order valence-corrected chi connectivity index (χ2v) is 5.77. The molecular weight excluding hydrogens is 322 g/mol. The first kappa shape index (κ1) is 13.2. The lowest BCUT2D eigenvalue weighted by molar-refractivity contribution is 0.139. The quantitative estimate of drug-likeness (QED) is 0.879. The number of nitrogens with zero attached hydrogens (tertiary/aromatic N) is 2. The topological polar surface area (TPSA) is 69.2 Å². The standard InChI is InChI=1S/C14H14BrN3O2/c15-10-5-3-9(4-6-10)11-8-12(17-16-11)13-2-1-7-18(13)14(19)20/h3-6,8,13H,1-2,7H2,(H,16,17)(H,19,20)/t13-/m0/s1. The van der Waals surface area contributed by atoms with Crippen LogP contribution in [0.25, 0.3) is 11.3 Å². The van der Waals surface area contributed by atoms with Crippen molar-refractivity contribution in [1.29, 1.82) is 0 Å². The fourth-order valence-electron chi connectivity index (χ4n) is 2.59. The van der Waals surface area contributed by atoms with Crippen molar-refractivity contribution >= 4 is 22.0 Å². The van der Waals surface area contributed by atoms with Gasteiger partial charge in [0.05, 0.1) is 17.4 Å². The van der Waals surface area contributed by atoms with Crippen molar-refractivity contribution < 1.29 is 9.90 Å². The highest BCUT2D eigenvalue weighted by Crippen LogP contribution is 2.32. The fourth-order valence-corrected chi connectivity index (χ4v) is 2.86. The first-order chi connectivity index (χ1) is 9.65. The molecule has 1 aliphatic rings.